The van der Waals surface area contributed by atoms with Crippen LogP contribution in [0, 0.1) is 17.3 Å². The summed E-state index contributed by atoms with van der Waals surface area (Å²) in [5.74, 6) is 0.284. The van der Waals surface area contributed by atoms with Crippen LogP contribution in [-0.2, 0) is 27.2 Å². The predicted octanol–water partition coefficient (Wildman–Crippen LogP) is 3.69. The van der Waals surface area contributed by atoms with E-state index in [2.05, 4.69) is 41.8 Å². The highest BCUT2D eigenvalue weighted by Gasteiger charge is 2.42. The molecule has 0 saturated carbocycles. The van der Waals surface area contributed by atoms with Gasteiger partial charge in [0.05, 0.1) is 11.1 Å². The molecule has 2 saturated heterocycles. The molecule has 4 heterocycles. The summed E-state index contributed by atoms with van der Waals surface area (Å²) >= 11 is 0. The highest BCUT2D eigenvalue weighted by molar-refractivity contribution is 5.92. The molecule has 2 N–H and O–H groups in total. The maximum absolute atomic E-state index is 13.8. The van der Waals surface area contributed by atoms with Crippen molar-refractivity contribution in [2.45, 2.75) is 70.9 Å². The second-order valence-corrected chi connectivity index (χ2v) is 12.2. The highest BCUT2D eigenvalue weighted by Crippen LogP contribution is 2.36. The van der Waals surface area contributed by atoms with Gasteiger partial charge in [-0.15, -0.1) is 0 Å². The smallest absolute Gasteiger partial charge is 0.292 e. The number of ether oxygens (including phenoxy) is 1. The standard InChI is InChI=1S/C32H42N4O5/c1-22(2)18-25-20-28(41-35-25)30(38)36-15-11-26-24(21-36)10-6-7-12-32(13-16-40-17-14-32)31(39)34-27(29(37)33-26)19-23-8-4-3-5-9-23/h3-9,20,22,24,26-27H,10-19,21H2,1-2H3,(H,33,37)(H,34,39)/b7-6+/t24-,26+,27-/m1/s1. The molecular weight excluding hydrogens is 520 g/mol. The summed E-state index contributed by atoms with van der Waals surface area (Å²) in [5.41, 5.74) is 1.17. The minimum absolute atomic E-state index is 0.0316. The summed E-state index contributed by atoms with van der Waals surface area (Å²) < 4.78 is 11.0. The second kappa shape index (κ2) is 13.0. The van der Waals surface area contributed by atoms with Crippen molar-refractivity contribution in [1.29, 1.82) is 0 Å². The maximum Gasteiger partial charge on any atom is 0.292 e. The van der Waals surface area contributed by atoms with Crippen LogP contribution in [0.15, 0.2) is 53.1 Å². The molecular formula is C32H42N4O5. The van der Waals surface area contributed by atoms with Crippen molar-refractivity contribution in [3.05, 3.63) is 65.6 Å². The average molecular weight is 563 g/mol. The fourth-order valence-corrected chi connectivity index (χ4v) is 6.25. The molecule has 3 amide bonds. The molecule has 2 aromatic rings. The number of rotatable bonds is 5. The topological polar surface area (TPSA) is 114 Å². The van der Waals surface area contributed by atoms with E-state index in [1.54, 1.807) is 6.07 Å². The normalized spacial score (nSPS) is 25.9. The van der Waals surface area contributed by atoms with Crippen LogP contribution in [0.4, 0.5) is 0 Å². The Morgan fingerprint density at radius 3 is 2.66 bits per heavy atom. The molecule has 1 aromatic carbocycles. The van der Waals surface area contributed by atoms with Crippen LogP contribution >= 0.6 is 0 Å². The van der Waals surface area contributed by atoms with Gasteiger partial charge in [-0.3, -0.25) is 14.4 Å². The van der Waals surface area contributed by atoms with E-state index in [-0.39, 0.29) is 35.4 Å². The first kappa shape index (κ1) is 29.0. The second-order valence-electron chi connectivity index (χ2n) is 12.2. The van der Waals surface area contributed by atoms with E-state index in [9.17, 15) is 14.4 Å². The number of carbonyl (C=O) groups is 3. The van der Waals surface area contributed by atoms with E-state index in [1.165, 1.54) is 0 Å². The summed E-state index contributed by atoms with van der Waals surface area (Å²) in [5, 5.41) is 10.5. The zero-order chi connectivity index (χ0) is 28.8. The third-order valence-electron chi connectivity index (χ3n) is 8.69. The Hall–Kier alpha value is -3.46. The van der Waals surface area contributed by atoms with E-state index in [1.807, 2.05) is 35.2 Å². The summed E-state index contributed by atoms with van der Waals surface area (Å²) in [4.78, 5) is 42.6. The van der Waals surface area contributed by atoms with Crippen molar-refractivity contribution in [2.75, 3.05) is 26.3 Å². The van der Waals surface area contributed by atoms with Gasteiger partial charge in [-0.1, -0.05) is 61.5 Å². The minimum Gasteiger partial charge on any atom is -0.381 e. The van der Waals surface area contributed by atoms with Gasteiger partial charge in [-0.2, -0.15) is 0 Å². The third kappa shape index (κ3) is 7.07. The van der Waals surface area contributed by atoms with Crippen molar-refractivity contribution in [1.82, 2.24) is 20.7 Å². The molecule has 0 radical (unpaired) electrons. The Bertz CT molecular complexity index is 1230. The van der Waals surface area contributed by atoms with Crippen LogP contribution in [0.1, 0.15) is 67.8 Å². The van der Waals surface area contributed by atoms with E-state index in [0.29, 0.717) is 70.7 Å². The number of aromatic nitrogens is 1. The number of likely N-dealkylation sites (tertiary alicyclic amines) is 1. The van der Waals surface area contributed by atoms with Crippen LogP contribution in [0.5, 0.6) is 0 Å². The lowest BCUT2D eigenvalue weighted by atomic mass is 9.75. The summed E-state index contributed by atoms with van der Waals surface area (Å²) in [6, 6.07) is 10.7. The molecule has 9 heteroatoms. The van der Waals surface area contributed by atoms with Crippen molar-refractivity contribution in [3.8, 4) is 0 Å². The molecule has 3 atom stereocenters. The molecule has 0 aliphatic carbocycles. The number of allylic oxidation sites excluding steroid dienone is 2. The minimum atomic E-state index is -0.693. The van der Waals surface area contributed by atoms with Gasteiger partial charge < -0.3 is 24.8 Å². The number of benzene rings is 1. The first-order valence-corrected chi connectivity index (χ1v) is 15.0. The number of carbonyl (C=O) groups excluding carboxylic acids is 3. The lowest BCUT2D eigenvalue weighted by molar-refractivity contribution is -0.140. The van der Waals surface area contributed by atoms with Crippen molar-refractivity contribution < 1.29 is 23.6 Å². The van der Waals surface area contributed by atoms with Crippen molar-refractivity contribution in [3.63, 3.8) is 0 Å². The molecule has 2 fully saturated rings. The maximum atomic E-state index is 13.8. The van der Waals surface area contributed by atoms with Gasteiger partial charge in [0.25, 0.3) is 5.91 Å². The van der Waals surface area contributed by atoms with Crippen LogP contribution in [0.25, 0.3) is 0 Å². The summed E-state index contributed by atoms with van der Waals surface area (Å²) in [6.07, 6.45) is 8.53. The zero-order valence-electron chi connectivity index (χ0n) is 24.1. The lowest BCUT2D eigenvalue weighted by Crippen LogP contribution is -2.58. The number of hydrogen-bond acceptors (Lipinski definition) is 6. The molecule has 3 aliphatic rings. The molecule has 9 nitrogen and oxygen atoms in total. The first-order valence-electron chi connectivity index (χ1n) is 15.0. The van der Waals surface area contributed by atoms with E-state index in [4.69, 9.17) is 9.26 Å². The van der Waals surface area contributed by atoms with Crippen LogP contribution in [0.2, 0.25) is 0 Å². The number of nitrogens with one attached hydrogen (secondary N) is 2. The molecule has 1 aromatic heterocycles. The van der Waals surface area contributed by atoms with Gasteiger partial charge in [0.15, 0.2) is 0 Å². The Morgan fingerprint density at radius 2 is 1.90 bits per heavy atom. The van der Waals surface area contributed by atoms with Crippen LogP contribution in [-0.4, -0.2) is 66.2 Å². The fraction of sp³-hybridized carbons (Fsp3) is 0.562. The molecule has 220 valence electrons. The molecule has 1 spiro atoms. The van der Waals surface area contributed by atoms with E-state index in [0.717, 1.165) is 17.7 Å². The molecule has 0 bridgehead atoms. The first-order chi connectivity index (χ1) is 19.8. The Kier molecular flexibility index (Phi) is 9.22. The zero-order valence-corrected chi connectivity index (χ0v) is 24.1. The fourth-order valence-electron chi connectivity index (χ4n) is 6.25. The van der Waals surface area contributed by atoms with Crippen LogP contribution < -0.4 is 10.6 Å². The van der Waals surface area contributed by atoms with Crippen LogP contribution in [0.3, 0.4) is 0 Å². The molecule has 0 unspecified atom stereocenters. The van der Waals surface area contributed by atoms with Gasteiger partial charge in [0, 0.05) is 50.8 Å². The summed E-state index contributed by atoms with van der Waals surface area (Å²) in [6.45, 7) is 6.27. The number of fused-ring (bicyclic) bond motifs is 1. The average Bonchev–Trinajstić information content (AvgIpc) is 3.43. The quantitative estimate of drug-likeness (QED) is 0.538. The third-order valence-corrected chi connectivity index (χ3v) is 8.69. The van der Waals surface area contributed by atoms with Gasteiger partial charge in [0.1, 0.15) is 6.04 Å². The SMILES string of the molecule is CC(C)Cc1cc(C(=O)N2CC[C@@H]3NC(=O)[C@@H](Cc4ccccc4)NC(=O)C4(C/C=C/C[C@@H]3C2)CCOCC4)on1. The van der Waals surface area contributed by atoms with Gasteiger partial charge in [-0.05, 0) is 50.0 Å². The number of piperidine rings is 1. The Labute approximate surface area is 242 Å². The number of amides is 3. The van der Waals surface area contributed by atoms with Crippen molar-refractivity contribution >= 4 is 17.7 Å². The molecule has 3 aliphatic heterocycles. The Morgan fingerprint density at radius 1 is 1.12 bits per heavy atom. The van der Waals surface area contributed by atoms with Gasteiger partial charge >= 0.3 is 0 Å². The number of hydrogen-bond donors (Lipinski definition) is 2. The number of nitrogens with zero attached hydrogens (tertiary/aromatic N) is 2. The monoisotopic (exact) mass is 562 g/mol. The van der Waals surface area contributed by atoms with Crippen molar-refractivity contribution in [2.24, 2.45) is 17.3 Å². The van der Waals surface area contributed by atoms with E-state index < -0.39 is 11.5 Å². The van der Waals surface area contributed by atoms with E-state index >= 15 is 0 Å². The summed E-state index contributed by atoms with van der Waals surface area (Å²) in [7, 11) is 0. The van der Waals surface area contributed by atoms with Gasteiger partial charge in [-0.25, -0.2) is 0 Å². The van der Waals surface area contributed by atoms with Gasteiger partial charge in [0.2, 0.25) is 17.6 Å². The highest BCUT2D eigenvalue weighted by atomic mass is 16.5. The molecule has 41 heavy (non-hydrogen) atoms. The largest absolute Gasteiger partial charge is 0.381 e. The Balaban J connectivity index is 1.36. The lowest BCUT2D eigenvalue weighted by Gasteiger charge is -2.40. The predicted molar refractivity (Wildman–Crippen MR) is 154 cm³/mol. The molecule has 5 rings (SSSR count).